The van der Waals surface area contributed by atoms with Crippen molar-refractivity contribution in [1.29, 1.82) is 0 Å². The number of ether oxygens (including phenoxy) is 1. The van der Waals surface area contributed by atoms with E-state index in [2.05, 4.69) is 59.1 Å². The van der Waals surface area contributed by atoms with Crippen molar-refractivity contribution in [2.45, 2.75) is 45.1 Å². The maximum atomic E-state index is 12.6. The molecule has 3 aromatic rings. The van der Waals surface area contributed by atoms with Gasteiger partial charge in [-0.1, -0.05) is 12.1 Å². The quantitative estimate of drug-likeness (QED) is 0.512. The summed E-state index contributed by atoms with van der Waals surface area (Å²) in [6.45, 7) is 7.17. The average Bonchev–Trinajstić information content (AvgIpc) is 3.33. The molecular formula is C28H33N3O2. The Hall–Kier alpha value is -3.05. The first-order chi connectivity index (χ1) is 16.0. The number of nitrogens with zero attached hydrogens (tertiary/aromatic N) is 2. The fraction of sp³-hybridized carbons (Fsp3) is 0.393. The molecule has 0 amide bonds. The Bertz CT molecular complexity index is 1170. The highest BCUT2D eigenvalue weighted by Crippen LogP contribution is 2.44. The van der Waals surface area contributed by atoms with Crippen LogP contribution in [0.25, 0.3) is 5.69 Å². The zero-order valence-corrected chi connectivity index (χ0v) is 19.9. The molecule has 1 aromatic heterocycles. The van der Waals surface area contributed by atoms with Crippen LogP contribution in [0.2, 0.25) is 0 Å². The molecule has 33 heavy (non-hydrogen) atoms. The molecule has 0 unspecified atom stereocenters. The Morgan fingerprint density at radius 2 is 1.88 bits per heavy atom. The van der Waals surface area contributed by atoms with Gasteiger partial charge >= 0.3 is 0 Å². The number of benzene rings is 2. The minimum Gasteiger partial charge on any atom is -0.497 e. The highest BCUT2D eigenvalue weighted by Gasteiger charge is 2.41. The molecule has 5 heteroatoms. The average molecular weight is 444 g/mol. The lowest BCUT2D eigenvalue weighted by molar-refractivity contribution is 0.0968. The second-order valence-electron chi connectivity index (χ2n) is 9.52. The minimum absolute atomic E-state index is 0.0609. The van der Waals surface area contributed by atoms with Gasteiger partial charge in [-0.3, -0.25) is 4.79 Å². The topological polar surface area (TPSA) is 46.5 Å². The number of ketones is 1. The summed E-state index contributed by atoms with van der Waals surface area (Å²) in [5.41, 5.74) is 6.85. The summed E-state index contributed by atoms with van der Waals surface area (Å²) in [6, 6.07) is 16.7. The van der Waals surface area contributed by atoms with Crippen LogP contribution in [-0.2, 0) is 5.54 Å². The number of fused-ring (bicyclic) bond motifs is 4. The maximum absolute atomic E-state index is 12.6. The highest BCUT2D eigenvalue weighted by atomic mass is 16.5. The molecule has 2 aliphatic heterocycles. The first kappa shape index (κ1) is 21.8. The number of hydrogen-bond donors (Lipinski definition) is 1. The summed E-state index contributed by atoms with van der Waals surface area (Å²) in [5, 5.41) is 3.87. The predicted molar refractivity (Wildman–Crippen MR) is 133 cm³/mol. The lowest BCUT2D eigenvalue weighted by atomic mass is 9.82. The van der Waals surface area contributed by atoms with Gasteiger partial charge in [0.1, 0.15) is 5.75 Å². The normalized spacial score (nSPS) is 16.7. The number of carbonyl (C=O) groups is 1. The van der Waals surface area contributed by atoms with E-state index in [0.717, 1.165) is 55.9 Å². The van der Waals surface area contributed by atoms with Crippen LogP contribution in [0.3, 0.4) is 0 Å². The van der Waals surface area contributed by atoms with Crippen molar-refractivity contribution < 1.29 is 9.53 Å². The Morgan fingerprint density at radius 1 is 1.06 bits per heavy atom. The third-order valence-corrected chi connectivity index (χ3v) is 7.49. The summed E-state index contributed by atoms with van der Waals surface area (Å²) in [4.78, 5) is 15.1. The van der Waals surface area contributed by atoms with Crippen LogP contribution < -0.4 is 10.1 Å². The number of rotatable bonds is 6. The third-order valence-electron chi connectivity index (χ3n) is 7.49. The van der Waals surface area contributed by atoms with Crippen LogP contribution in [0.4, 0.5) is 5.69 Å². The van der Waals surface area contributed by atoms with E-state index >= 15 is 0 Å². The maximum Gasteiger partial charge on any atom is 0.162 e. The molecule has 0 atom stereocenters. The number of Topliss-reactive ketones (excluding diaryl/α,β-unsaturated/α-hetero) is 1. The van der Waals surface area contributed by atoms with E-state index in [9.17, 15) is 4.79 Å². The van der Waals surface area contributed by atoms with E-state index in [1.54, 1.807) is 7.11 Å². The number of anilines is 1. The van der Waals surface area contributed by atoms with E-state index in [4.69, 9.17) is 4.74 Å². The van der Waals surface area contributed by atoms with Crippen molar-refractivity contribution in [1.82, 2.24) is 9.47 Å². The first-order valence-electron chi connectivity index (χ1n) is 12.0. The van der Waals surface area contributed by atoms with Gasteiger partial charge in [-0.2, -0.15) is 0 Å². The molecule has 1 fully saturated rings. The van der Waals surface area contributed by atoms with E-state index in [1.165, 1.54) is 22.5 Å². The van der Waals surface area contributed by atoms with Crippen molar-refractivity contribution in [3.63, 3.8) is 0 Å². The standard InChI is InChI=1S/C28H33N3O2/c1-20-8-9-22(18-21(20)2)26(32)6-4-14-30-16-12-28(13-17-30)27-7-5-15-31(27)25-11-10-23(33-3)19-24(25)29-28/h5,7-11,15,18-19,29H,4,6,12-14,16-17H2,1-3H3. The van der Waals surface area contributed by atoms with E-state index in [-0.39, 0.29) is 11.3 Å². The Morgan fingerprint density at radius 3 is 2.64 bits per heavy atom. The largest absolute Gasteiger partial charge is 0.497 e. The molecule has 0 bridgehead atoms. The monoisotopic (exact) mass is 443 g/mol. The molecule has 1 saturated heterocycles. The number of methoxy groups -OCH3 is 1. The summed E-state index contributed by atoms with van der Waals surface area (Å²) in [6.07, 6.45) is 5.76. The zero-order valence-electron chi connectivity index (χ0n) is 19.9. The van der Waals surface area contributed by atoms with Gasteiger partial charge in [0.15, 0.2) is 5.78 Å². The molecule has 0 saturated carbocycles. The van der Waals surface area contributed by atoms with Gasteiger partial charge in [0.05, 0.1) is 24.0 Å². The van der Waals surface area contributed by atoms with Gasteiger partial charge in [-0.15, -0.1) is 0 Å². The number of hydrogen-bond acceptors (Lipinski definition) is 4. The molecular weight excluding hydrogens is 410 g/mol. The number of likely N-dealkylation sites (tertiary alicyclic amines) is 1. The van der Waals surface area contributed by atoms with Crippen LogP contribution in [0, 0.1) is 13.8 Å². The molecule has 1 N–H and O–H groups in total. The van der Waals surface area contributed by atoms with Crippen molar-refractivity contribution in [3.05, 3.63) is 77.1 Å². The lowest BCUT2D eigenvalue weighted by Crippen LogP contribution is -2.49. The SMILES string of the molecule is COc1ccc2c(c1)NC1(CCN(CCCC(=O)c3ccc(C)c(C)c3)CC1)c1cccn1-2. The van der Waals surface area contributed by atoms with Gasteiger partial charge in [0.2, 0.25) is 0 Å². The molecule has 2 aliphatic rings. The van der Waals surface area contributed by atoms with Crippen molar-refractivity contribution in [3.8, 4) is 11.4 Å². The molecule has 2 aromatic carbocycles. The van der Waals surface area contributed by atoms with Crippen LogP contribution in [-0.4, -0.2) is 42.0 Å². The van der Waals surface area contributed by atoms with Crippen LogP contribution >= 0.6 is 0 Å². The Kier molecular flexibility index (Phi) is 5.75. The van der Waals surface area contributed by atoms with Gasteiger partial charge in [0.25, 0.3) is 0 Å². The third kappa shape index (κ3) is 4.06. The fourth-order valence-electron chi connectivity index (χ4n) is 5.32. The van der Waals surface area contributed by atoms with Gasteiger partial charge < -0.3 is 19.5 Å². The minimum atomic E-state index is -0.0609. The summed E-state index contributed by atoms with van der Waals surface area (Å²) < 4.78 is 7.79. The molecule has 1 spiro atoms. The van der Waals surface area contributed by atoms with Gasteiger partial charge in [-0.05, 0) is 81.1 Å². The number of aryl methyl sites for hydroxylation is 2. The molecule has 172 valence electrons. The van der Waals surface area contributed by atoms with Crippen LogP contribution in [0.1, 0.15) is 52.9 Å². The summed E-state index contributed by atoms with van der Waals surface area (Å²) in [7, 11) is 1.71. The van der Waals surface area contributed by atoms with Crippen molar-refractivity contribution >= 4 is 11.5 Å². The second kappa shape index (κ2) is 8.71. The smallest absolute Gasteiger partial charge is 0.162 e. The number of nitrogens with one attached hydrogen (secondary N) is 1. The zero-order chi connectivity index (χ0) is 23.0. The Balaban J connectivity index is 1.21. The van der Waals surface area contributed by atoms with Crippen molar-refractivity contribution in [2.24, 2.45) is 0 Å². The van der Waals surface area contributed by atoms with Crippen LogP contribution in [0.15, 0.2) is 54.7 Å². The van der Waals surface area contributed by atoms with Crippen LogP contribution in [0.5, 0.6) is 5.75 Å². The Labute approximate surface area is 196 Å². The number of piperidine rings is 1. The summed E-state index contributed by atoms with van der Waals surface area (Å²) >= 11 is 0. The van der Waals surface area contributed by atoms with Gasteiger partial charge in [-0.25, -0.2) is 0 Å². The first-order valence-corrected chi connectivity index (χ1v) is 12.0. The highest BCUT2D eigenvalue weighted by molar-refractivity contribution is 5.96. The molecule has 5 nitrogen and oxygen atoms in total. The number of carbonyl (C=O) groups excluding carboxylic acids is 1. The molecule has 5 rings (SSSR count). The van der Waals surface area contributed by atoms with E-state index in [0.29, 0.717) is 6.42 Å². The number of aromatic nitrogens is 1. The lowest BCUT2D eigenvalue weighted by Gasteiger charge is -2.46. The van der Waals surface area contributed by atoms with Crippen molar-refractivity contribution in [2.75, 3.05) is 32.1 Å². The van der Waals surface area contributed by atoms with E-state index in [1.807, 2.05) is 24.3 Å². The fourth-order valence-corrected chi connectivity index (χ4v) is 5.32. The molecule has 0 aliphatic carbocycles. The molecule has 3 heterocycles. The summed E-state index contributed by atoms with van der Waals surface area (Å²) in [5.74, 6) is 1.13. The molecule has 0 radical (unpaired) electrons. The second-order valence-corrected chi connectivity index (χ2v) is 9.52. The van der Waals surface area contributed by atoms with E-state index < -0.39 is 0 Å². The van der Waals surface area contributed by atoms with Gasteiger partial charge in [0, 0.05) is 43.0 Å². The predicted octanol–water partition coefficient (Wildman–Crippen LogP) is 5.48.